The topological polar surface area (TPSA) is 83.3 Å². The Morgan fingerprint density at radius 2 is 2.32 bits per heavy atom. The van der Waals surface area contributed by atoms with Gasteiger partial charge in [-0.25, -0.2) is 4.98 Å². The number of esters is 1. The molecule has 0 saturated heterocycles. The van der Waals surface area contributed by atoms with Crippen LogP contribution in [0.5, 0.6) is 0 Å². The third kappa shape index (κ3) is 6.03. The van der Waals surface area contributed by atoms with E-state index in [4.69, 9.17) is 10.00 Å². The van der Waals surface area contributed by atoms with Crippen LogP contribution in [0.4, 0.5) is 0 Å². The molecule has 0 aliphatic heterocycles. The van der Waals surface area contributed by atoms with Gasteiger partial charge in [0, 0.05) is 19.0 Å². The largest absolute Gasteiger partial charge is 0.466 e. The summed E-state index contributed by atoms with van der Waals surface area (Å²) in [4.78, 5) is 29.4. The summed E-state index contributed by atoms with van der Waals surface area (Å²) < 4.78 is 5.62. The lowest BCUT2D eigenvalue weighted by Crippen LogP contribution is -2.33. The number of nitriles is 1. The minimum Gasteiger partial charge on any atom is -0.466 e. The zero-order valence-corrected chi connectivity index (χ0v) is 14.5. The fourth-order valence-corrected chi connectivity index (χ4v) is 3.72. The van der Waals surface area contributed by atoms with Crippen molar-refractivity contribution in [2.45, 2.75) is 36.3 Å². The first kappa shape index (κ1) is 18.5. The number of thiazole rings is 1. The lowest BCUT2D eigenvalue weighted by Gasteiger charge is -2.19. The highest BCUT2D eigenvalue weighted by molar-refractivity contribution is 8.02. The van der Waals surface area contributed by atoms with Gasteiger partial charge in [-0.15, -0.1) is 11.3 Å². The Hall–Kier alpha value is -1.59. The van der Waals surface area contributed by atoms with Gasteiger partial charge in [0.2, 0.25) is 5.91 Å². The van der Waals surface area contributed by atoms with E-state index in [0.29, 0.717) is 25.3 Å². The standard InChI is InChI=1S/C14H19N3O3S2/c1-4-20-12(18)8-11-9-21-14(16-11)22-10(2)13(19)17(3)7-5-6-15/h9-10H,4-5,7-8H2,1-3H3/t10-/m0/s1. The molecule has 120 valence electrons. The molecule has 6 nitrogen and oxygen atoms in total. The van der Waals surface area contributed by atoms with Crippen molar-refractivity contribution in [2.24, 2.45) is 0 Å². The number of hydrogen-bond acceptors (Lipinski definition) is 7. The molecule has 0 bridgehead atoms. The minimum atomic E-state index is -0.301. The highest BCUT2D eigenvalue weighted by atomic mass is 32.2. The molecule has 0 aliphatic carbocycles. The van der Waals surface area contributed by atoms with Crippen molar-refractivity contribution in [3.05, 3.63) is 11.1 Å². The Labute approximate surface area is 138 Å². The van der Waals surface area contributed by atoms with Crippen molar-refractivity contribution in [3.8, 4) is 6.07 Å². The number of rotatable bonds is 8. The maximum Gasteiger partial charge on any atom is 0.311 e. The van der Waals surface area contributed by atoms with Gasteiger partial charge in [0.05, 0.1) is 36.5 Å². The monoisotopic (exact) mass is 341 g/mol. The Morgan fingerprint density at radius 1 is 1.59 bits per heavy atom. The molecule has 0 spiro atoms. The van der Waals surface area contributed by atoms with Crippen LogP contribution in [-0.2, 0) is 20.7 Å². The van der Waals surface area contributed by atoms with E-state index in [1.54, 1.807) is 24.3 Å². The quantitative estimate of drug-likeness (QED) is 0.532. The molecule has 0 radical (unpaired) electrons. The summed E-state index contributed by atoms with van der Waals surface area (Å²) in [5.74, 6) is -0.341. The summed E-state index contributed by atoms with van der Waals surface area (Å²) in [5.41, 5.74) is 0.656. The van der Waals surface area contributed by atoms with Crippen LogP contribution in [0.25, 0.3) is 0 Å². The van der Waals surface area contributed by atoms with Gasteiger partial charge in [-0.1, -0.05) is 11.8 Å². The van der Waals surface area contributed by atoms with Crippen molar-refractivity contribution < 1.29 is 14.3 Å². The molecule has 1 aromatic rings. The number of ether oxygens (including phenoxy) is 1. The predicted octanol–water partition coefficient (Wildman–Crippen LogP) is 2.10. The van der Waals surface area contributed by atoms with Crippen LogP contribution >= 0.6 is 23.1 Å². The van der Waals surface area contributed by atoms with Crippen LogP contribution in [0.2, 0.25) is 0 Å². The van der Waals surface area contributed by atoms with E-state index in [1.807, 2.05) is 13.0 Å². The molecule has 0 aromatic carbocycles. The van der Waals surface area contributed by atoms with E-state index in [1.165, 1.54) is 23.1 Å². The highest BCUT2D eigenvalue weighted by Crippen LogP contribution is 2.27. The molecule has 1 atom stereocenters. The smallest absolute Gasteiger partial charge is 0.311 e. The van der Waals surface area contributed by atoms with Gasteiger partial charge < -0.3 is 9.64 Å². The van der Waals surface area contributed by atoms with Gasteiger partial charge in [-0.2, -0.15) is 5.26 Å². The number of carbonyl (C=O) groups excluding carboxylic acids is 2. The fraction of sp³-hybridized carbons (Fsp3) is 0.571. The summed E-state index contributed by atoms with van der Waals surface area (Å²) in [7, 11) is 1.69. The number of hydrogen-bond donors (Lipinski definition) is 0. The van der Waals surface area contributed by atoms with Crippen molar-refractivity contribution in [1.82, 2.24) is 9.88 Å². The van der Waals surface area contributed by atoms with Crippen molar-refractivity contribution in [1.29, 1.82) is 5.26 Å². The van der Waals surface area contributed by atoms with Crippen LogP contribution in [0.3, 0.4) is 0 Å². The average Bonchev–Trinajstić information content (AvgIpc) is 2.90. The number of carbonyl (C=O) groups is 2. The van der Waals surface area contributed by atoms with E-state index in [2.05, 4.69) is 4.98 Å². The van der Waals surface area contributed by atoms with Crippen LogP contribution in [-0.4, -0.2) is 47.2 Å². The molecule has 0 aliphatic rings. The molecule has 0 saturated carbocycles. The number of amides is 1. The Morgan fingerprint density at radius 3 is 2.95 bits per heavy atom. The molecular formula is C14H19N3O3S2. The highest BCUT2D eigenvalue weighted by Gasteiger charge is 2.20. The molecule has 1 heterocycles. The van der Waals surface area contributed by atoms with Crippen LogP contribution in [0.15, 0.2) is 9.72 Å². The van der Waals surface area contributed by atoms with E-state index in [-0.39, 0.29) is 23.5 Å². The van der Waals surface area contributed by atoms with Crippen molar-refractivity contribution >= 4 is 35.0 Å². The van der Waals surface area contributed by atoms with E-state index in [9.17, 15) is 9.59 Å². The van der Waals surface area contributed by atoms with Crippen molar-refractivity contribution in [3.63, 3.8) is 0 Å². The van der Waals surface area contributed by atoms with Crippen LogP contribution in [0, 0.1) is 11.3 Å². The number of nitrogens with zero attached hydrogens (tertiary/aromatic N) is 3. The molecule has 22 heavy (non-hydrogen) atoms. The van der Waals surface area contributed by atoms with E-state index >= 15 is 0 Å². The van der Waals surface area contributed by atoms with Gasteiger partial charge in [-0.05, 0) is 13.8 Å². The maximum absolute atomic E-state index is 12.1. The summed E-state index contributed by atoms with van der Waals surface area (Å²) in [6, 6.07) is 2.02. The lowest BCUT2D eigenvalue weighted by molar-refractivity contribution is -0.142. The first-order valence-electron chi connectivity index (χ1n) is 6.86. The van der Waals surface area contributed by atoms with Crippen LogP contribution in [0.1, 0.15) is 26.0 Å². The van der Waals surface area contributed by atoms with E-state index in [0.717, 1.165) is 4.34 Å². The SMILES string of the molecule is CCOC(=O)Cc1csc(S[C@@H](C)C(=O)N(C)CCC#N)n1. The van der Waals surface area contributed by atoms with Gasteiger partial charge in [0.25, 0.3) is 0 Å². The molecule has 1 rings (SSSR count). The number of aromatic nitrogens is 1. The van der Waals surface area contributed by atoms with E-state index < -0.39 is 0 Å². The third-order valence-electron chi connectivity index (χ3n) is 2.72. The normalized spacial score (nSPS) is 11.5. The molecule has 0 unspecified atom stereocenters. The zero-order valence-electron chi connectivity index (χ0n) is 12.9. The Bertz CT molecular complexity index is 554. The third-order valence-corrected chi connectivity index (χ3v) is 4.83. The molecule has 1 aromatic heterocycles. The lowest BCUT2D eigenvalue weighted by atomic mass is 10.3. The fourth-order valence-electron chi connectivity index (χ4n) is 1.62. The molecule has 0 fully saturated rings. The first-order chi connectivity index (χ1) is 10.5. The van der Waals surface area contributed by atoms with Gasteiger partial charge in [0.15, 0.2) is 4.34 Å². The Kier molecular flexibility index (Phi) is 7.91. The molecule has 0 N–H and O–H groups in total. The molecule has 1 amide bonds. The summed E-state index contributed by atoms with van der Waals surface area (Å²) in [6.07, 6.45) is 0.468. The summed E-state index contributed by atoms with van der Waals surface area (Å²) >= 11 is 2.76. The summed E-state index contributed by atoms with van der Waals surface area (Å²) in [6.45, 7) is 4.34. The number of thioether (sulfide) groups is 1. The predicted molar refractivity (Wildman–Crippen MR) is 85.6 cm³/mol. The Balaban J connectivity index is 2.53. The second kappa shape index (κ2) is 9.43. The summed E-state index contributed by atoms with van der Waals surface area (Å²) in [5, 5.41) is 10.1. The maximum atomic E-state index is 12.1. The van der Waals surface area contributed by atoms with Crippen LogP contribution < -0.4 is 0 Å². The minimum absolute atomic E-state index is 0.0395. The second-order valence-electron chi connectivity index (χ2n) is 4.51. The molecular weight excluding hydrogens is 322 g/mol. The second-order valence-corrected chi connectivity index (χ2v) is 6.96. The average molecular weight is 341 g/mol. The van der Waals surface area contributed by atoms with Crippen molar-refractivity contribution in [2.75, 3.05) is 20.2 Å². The van der Waals surface area contributed by atoms with Gasteiger partial charge in [-0.3, -0.25) is 9.59 Å². The first-order valence-corrected chi connectivity index (χ1v) is 8.62. The molecule has 8 heteroatoms. The zero-order chi connectivity index (χ0) is 16.5. The van der Waals surface area contributed by atoms with Gasteiger partial charge >= 0.3 is 5.97 Å². The van der Waals surface area contributed by atoms with Gasteiger partial charge in [0.1, 0.15) is 0 Å².